The van der Waals surface area contributed by atoms with Crippen LogP contribution >= 0.6 is 0 Å². The fourth-order valence-electron chi connectivity index (χ4n) is 2.71. The molecule has 0 aromatic carbocycles. The first-order chi connectivity index (χ1) is 8.87. The van der Waals surface area contributed by atoms with Crippen LogP contribution < -0.4 is 5.32 Å². The Balaban J connectivity index is 2.32. The van der Waals surface area contributed by atoms with Gasteiger partial charge in [-0.1, -0.05) is 13.8 Å². The highest BCUT2D eigenvalue weighted by molar-refractivity contribution is 5.76. The van der Waals surface area contributed by atoms with Gasteiger partial charge < -0.3 is 10.2 Å². The lowest BCUT2D eigenvalue weighted by atomic mass is 10.1. The van der Waals surface area contributed by atoms with E-state index in [1.54, 1.807) is 0 Å². The summed E-state index contributed by atoms with van der Waals surface area (Å²) in [6.07, 6.45) is 1.74. The number of carbonyl (C=O) groups is 1. The molecule has 0 bridgehead atoms. The second-order valence-electron chi connectivity index (χ2n) is 6.43. The van der Waals surface area contributed by atoms with Crippen LogP contribution in [0.25, 0.3) is 0 Å². The lowest BCUT2D eigenvalue weighted by molar-refractivity contribution is -0.130. The summed E-state index contributed by atoms with van der Waals surface area (Å²) in [5.41, 5.74) is 0.0923. The van der Waals surface area contributed by atoms with E-state index in [2.05, 4.69) is 44.8 Å². The van der Waals surface area contributed by atoms with Gasteiger partial charge in [0.1, 0.15) is 0 Å². The van der Waals surface area contributed by atoms with Crippen LogP contribution in [0.4, 0.5) is 0 Å². The van der Waals surface area contributed by atoms with Crippen molar-refractivity contribution >= 4 is 5.91 Å². The summed E-state index contributed by atoms with van der Waals surface area (Å²) in [5.74, 6) is 0.298. The van der Waals surface area contributed by atoms with Crippen LogP contribution in [0.2, 0.25) is 0 Å². The molecule has 4 nitrogen and oxygen atoms in total. The van der Waals surface area contributed by atoms with Gasteiger partial charge >= 0.3 is 0 Å². The molecule has 112 valence electrons. The fourth-order valence-corrected chi connectivity index (χ4v) is 2.71. The lowest BCUT2D eigenvalue weighted by Crippen LogP contribution is -2.41. The van der Waals surface area contributed by atoms with E-state index in [4.69, 9.17) is 0 Å². The Morgan fingerprint density at radius 2 is 1.95 bits per heavy atom. The lowest BCUT2D eigenvalue weighted by Gasteiger charge is -2.26. The van der Waals surface area contributed by atoms with Crippen LogP contribution in [0.3, 0.4) is 0 Å². The van der Waals surface area contributed by atoms with Crippen molar-refractivity contribution in [3.63, 3.8) is 0 Å². The minimum absolute atomic E-state index is 0.0923. The number of carbonyl (C=O) groups excluding carboxylic acids is 1. The first-order valence-electron chi connectivity index (χ1n) is 7.64. The SMILES string of the molecule is CCN(CC)C1CCN(C(=O)CCNC(C)(C)C)C1. The molecule has 1 N–H and O–H groups in total. The average Bonchev–Trinajstić information content (AvgIpc) is 2.78. The summed E-state index contributed by atoms with van der Waals surface area (Å²) >= 11 is 0. The van der Waals surface area contributed by atoms with E-state index in [1.807, 2.05) is 4.90 Å². The number of rotatable bonds is 6. The minimum atomic E-state index is 0.0923. The number of hydrogen-bond donors (Lipinski definition) is 1. The van der Waals surface area contributed by atoms with Crippen LogP contribution in [0.5, 0.6) is 0 Å². The molecule has 0 aliphatic carbocycles. The fraction of sp³-hybridized carbons (Fsp3) is 0.933. The van der Waals surface area contributed by atoms with Crippen molar-refractivity contribution in [1.82, 2.24) is 15.1 Å². The number of amides is 1. The summed E-state index contributed by atoms with van der Waals surface area (Å²) in [4.78, 5) is 16.6. The second kappa shape index (κ2) is 7.25. The predicted molar refractivity (Wildman–Crippen MR) is 80.3 cm³/mol. The van der Waals surface area contributed by atoms with Gasteiger partial charge in [0.05, 0.1) is 0 Å². The van der Waals surface area contributed by atoms with Crippen LogP contribution in [-0.4, -0.2) is 60.0 Å². The van der Waals surface area contributed by atoms with Gasteiger partial charge in [0, 0.05) is 37.6 Å². The van der Waals surface area contributed by atoms with Crippen LogP contribution in [0.1, 0.15) is 47.5 Å². The van der Waals surface area contributed by atoms with Crippen LogP contribution in [0.15, 0.2) is 0 Å². The number of nitrogens with zero attached hydrogens (tertiary/aromatic N) is 2. The van der Waals surface area contributed by atoms with Crippen molar-refractivity contribution in [2.75, 3.05) is 32.7 Å². The van der Waals surface area contributed by atoms with Crippen molar-refractivity contribution < 1.29 is 4.79 Å². The molecule has 1 aliphatic rings. The van der Waals surface area contributed by atoms with Gasteiger partial charge in [-0.2, -0.15) is 0 Å². The molecule has 0 radical (unpaired) electrons. The molecule has 1 amide bonds. The number of likely N-dealkylation sites (tertiary alicyclic amines) is 1. The zero-order valence-electron chi connectivity index (χ0n) is 13.3. The monoisotopic (exact) mass is 269 g/mol. The van der Waals surface area contributed by atoms with E-state index >= 15 is 0 Å². The Kier molecular flexibility index (Phi) is 6.27. The molecule has 1 unspecified atom stereocenters. The molecule has 0 aromatic heterocycles. The molecule has 1 atom stereocenters. The molecular weight excluding hydrogens is 238 g/mol. The van der Waals surface area contributed by atoms with E-state index in [0.717, 1.165) is 39.1 Å². The Hall–Kier alpha value is -0.610. The second-order valence-corrected chi connectivity index (χ2v) is 6.43. The molecule has 1 rings (SSSR count). The van der Waals surface area contributed by atoms with Crippen LogP contribution in [0, 0.1) is 0 Å². The van der Waals surface area contributed by atoms with Crippen molar-refractivity contribution in [3.05, 3.63) is 0 Å². The van der Waals surface area contributed by atoms with Crippen LogP contribution in [-0.2, 0) is 4.79 Å². The maximum absolute atomic E-state index is 12.1. The molecular formula is C15H31N3O. The van der Waals surface area contributed by atoms with Gasteiger partial charge in [-0.3, -0.25) is 9.69 Å². The van der Waals surface area contributed by atoms with E-state index in [0.29, 0.717) is 18.4 Å². The van der Waals surface area contributed by atoms with Crippen molar-refractivity contribution in [3.8, 4) is 0 Å². The van der Waals surface area contributed by atoms with Crippen molar-refractivity contribution in [1.29, 1.82) is 0 Å². The number of likely N-dealkylation sites (N-methyl/N-ethyl adjacent to an activating group) is 1. The predicted octanol–water partition coefficient (Wildman–Crippen LogP) is 1.71. The van der Waals surface area contributed by atoms with Crippen molar-refractivity contribution in [2.24, 2.45) is 0 Å². The zero-order chi connectivity index (χ0) is 14.5. The molecule has 0 aromatic rings. The van der Waals surface area contributed by atoms with E-state index in [1.165, 1.54) is 0 Å². The third-order valence-corrected chi connectivity index (χ3v) is 3.84. The molecule has 1 fully saturated rings. The van der Waals surface area contributed by atoms with Gasteiger partial charge in [-0.25, -0.2) is 0 Å². The minimum Gasteiger partial charge on any atom is -0.341 e. The quantitative estimate of drug-likeness (QED) is 0.797. The largest absolute Gasteiger partial charge is 0.341 e. The average molecular weight is 269 g/mol. The van der Waals surface area contributed by atoms with Crippen molar-refractivity contribution in [2.45, 2.75) is 59.0 Å². The first kappa shape index (κ1) is 16.4. The first-order valence-corrected chi connectivity index (χ1v) is 7.64. The molecule has 0 saturated carbocycles. The van der Waals surface area contributed by atoms with E-state index in [-0.39, 0.29) is 5.54 Å². The highest BCUT2D eigenvalue weighted by Crippen LogP contribution is 2.16. The Morgan fingerprint density at radius 3 is 2.47 bits per heavy atom. The van der Waals surface area contributed by atoms with Gasteiger partial charge in [0.15, 0.2) is 0 Å². The standard InChI is InChI=1S/C15H31N3O/c1-6-17(7-2)13-9-11-18(12-13)14(19)8-10-16-15(3,4)5/h13,16H,6-12H2,1-5H3. The van der Waals surface area contributed by atoms with Gasteiger partial charge in [0.2, 0.25) is 5.91 Å². The molecule has 4 heteroatoms. The Labute approximate surface area is 118 Å². The topological polar surface area (TPSA) is 35.6 Å². The van der Waals surface area contributed by atoms with Gasteiger partial charge in [0.25, 0.3) is 0 Å². The van der Waals surface area contributed by atoms with Gasteiger partial charge in [-0.15, -0.1) is 0 Å². The molecule has 1 aliphatic heterocycles. The zero-order valence-corrected chi connectivity index (χ0v) is 13.3. The summed E-state index contributed by atoms with van der Waals surface area (Å²) < 4.78 is 0. The highest BCUT2D eigenvalue weighted by atomic mass is 16.2. The maximum atomic E-state index is 12.1. The third kappa shape index (κ3) is 5.49. The molecule has 1 heterocycles. The molecule has 0 spiro atoms. The highest BCUT2D eigenvalue weighted by Gasteiger charge is 2.28. The van der Waals surface area contributed by atoms with E-state index < -0.39 is 0 Å². The maximum Gasteiger partial charge on any atom is 0.223 e. The molecule has 19 heavy (non-hydrogen) atoms. The van der Waals surface area contributed by atoms with E-state index in [9.17, 15) is 4.79 Å². The Morgan fingerprint density at radius 1 is 1.32 bits per heavy atom. The summed E-state index contributed by atoms with van der Waals surface area (Å²) in [5, 5.41) is 3.37. The Bertz CT molecular complexity index is 282. The molecule has 1 saturated heterocycles. The third-order valence-electron chi connectivity index (χ3n) is 3.84. The summed E-state index contributed by atoms with van der Waals surface area (Å²) in [6.45, 7) is 15.5. The summed E-state index contributed by atoms with van der Waals surface area (Å²) in [6, 6.07) is 0.564. The van der Waals surface area contributed by atoms with Gasteiger partial charge in [-0.05, 0) is 40.3 Å². The smallest absolute Gasteiger partial charge is 0.223 e. The normalized spacial score (nSPS) is 20.3. The number of hydrogen-bond acceptors (Lipinski definition) is 3. The summed E-state index contributed by atoms with van der Waals surface area (Å²) in [7, 11) is 0. The number of nitrogens with one attached hydrogen (secondary N) is 1.